The van der Waals surface area contributed by atoms with Crippen LogP contribution in [0.25, 0.3) is 11.1 Å². The number of carbonyl (C=O) groups is 1. The van der Waals surface area contributed by atoms with E-state index in [0.717, 1.165) is 5.56 Å². The highest BCUT2D eigenvalue weighted by atomic mass is 79.9. The fourth-order valence-electron chi connectivity index (χ4n) is 1.61. The number of hydrogen-bond donors (Lipinski definition) is 1. The van der Waals surface area contributed by atoms with Crippen LogP contribution in [-0.4, -0.2) is 17.6 Å². The fourth-order valence-corrected chi connectivity index (χ4v) is 2.17. The van der Waals surface area contributed by atoms with Gasteiger partial charge in [-0.1, -0.05) is 12.1 Å². The van der Waals surface area contributed by atoms with Gasteiger partial charge < -0.3 is 9.72 Å². The Kier molecular flexibility index (Phi) is 3.81. The van der Waals surface area contributed by atoms with Gasteiger partial charge in [0.2, 0.25) is 0 Å². The van der Waals surface area contributed by atoms with Gasteiger partial charge in [0.1, 0.15) is 11.5 Å². The second-order valence-corrected chi connectivity index (χ2v) is 4.43. The van der Waals surface area contributed by atoms with Crippen LogP contribution in [0.4, 0.5) is 4.39 Å². The van der Waals surface area contributed by atoms with Crippen LogP contribution in [0.1, 0.15) is 17.4 Å². The Morgan fingerprint density at radius 1 is 1.44 bits per heavy atom. The Balaban J connectivity index is 2.38. The van der Waals surface area contributed by atoms with Crippen LogP contribution >= 0.6 is 15.9 Å². The maximum Gasteiger partial charge on any atom is 0.354 e. The summed E-state index contributed by atoms with van der Waals surface area (Å²) in [6, 6.07) is 7.80. The highest BCUT2D eigenvalue weighted by molar-refractivity contribution is 9.10. The first-order chi connectivity index (χ1) is 8.61. The van der Waals surface area contributed by atoms with Gasteiger partial charge in [-0.15, -0.1) is 0 Å². The monoisotopic (exact) mass is 311 g/mol. The number of benzene rings is 1. The second kappa shape index (κ2) is 5.35. The molecule has 2 rings (SSSR count). The van der Waals surface area contributed by atoms with Gasteiger partial charge in [0.25, 0.3) is 0 Å². The SMILES string of the molecule is CCOC(=O)c1cc(-c2cccc(F)c2)c(Br)[nH]1. The molecule has 1 aromatic heterocycles. The largest absolute Gasteiger partial charge is 0.461 e. The van der Waals surface area contributed by atoms with Gasteiger partial charge >= 0.3 is 5.97 Å². The van der Waals surface area contributed by atoms with E-state index in [1.807, 2.05) is 0 Å². The van der Waals surface area contributed by atoms with E-state index in [0.29, 0.717) is 22.5 Å². The number of esters is 1. The summed E-state index contributed by atoms with van der Waals surface area (Å²) in [5.41, 5.74) is 1.74. The number of rotatable bonds is 3. The van der Waals surface area contributed by atoms with Crippen molar-refractivity contribution in [2.24, 2.45) is 0 Å². The lowest BCUT2D eigenvalue weighted by Crippen LogP contribution is -2.04. The van der Waals surface area contributed by atoms with E-state index in [2.05, 4.69) is 20.9 Å². The first-order valence-corrected chi connectivity index (χ1v) is 6.22. The minimum atomic E-state index is -0.430. The van der Waals surface area contributed by atoms with Gasteiger partial charge in [0.15, 0.2) is 0 Å². The van der Waals surface area contributed by atoms with Crippen LogP contribution in [0.5, 0.6) is 0 Å². The third-order valence-corrected chi connectivity index (χ3v) is 3.03. The molecule has 0 fully saturated rings. The molecule has 0 amide bonds. The average Bonchev–Trinajstić information content (AvgIpc) is 2.72. The van der Waals surface area contributed by atoms with Gasteiger partial charge in [-0.3, -0.25) is 0 Å². The molecule has 0 spiro atoms. The maximum atomic E-state index is 13.2. The predicted octanol–water partition coefficient (Wildman–Crippen LogP) is 3.76. The summed E-state index contributed by atoms with van der Waals surface area (Å²) in [6.07, 6.45) is 0. The molecule has 1 N–H and O–H groups in total. The number of halogens is 2. The van der Waals surface area contributed by atoms with Gasteiger partial charge in [0.05, 0.1) is 11.2 Å². The summed E-state index contributed by atoms with van der Waals surface area (Å²) in [6.45, 7) is 2.05. The number of ether oxygens (including phenoxy) is 1. The Morgan fingerprint density at radius 3 is 2.89 bits per heavy atom. The number of aromatic nitrogens is 1. The van der Waals surface area contributed by atoms with Crippen molar-refractivity contribution >= 4 is 21.9 Å². The summed E-state index contributed by atoms with van der Waals surface area (Å²) in [7, 11) is 0. The van der Waals surface area contributed by atoms with Gasteiger partial charge in [-0.05, 0) is 46.6 Å². The van der Waals surface area contributed by atoms with Gasteiger partial charge in [-0.2, -0.15) is 0 Å². The van der Waals surface area contributed by atoms with Crippen LogP contribution in [0.3, 0.4) is 0 Å². The van der Waals surface area contributed by atoms with E-state index in [1.165, 1.54) is 12.1 Å². The Morgan fingerprint density at radius 2 is 2.22 bits per heavy atom. The zero-order chi connectivity index (χ0) is 13.1. The third kappa shape index (κ3) is 2.61. The number of nitrogens with one attached hydrogen (secondary N) is 1. The first-order valence-electron chi connectivity index (χ1n) is 5.43. The predicted molar refractivity (Wildman–Crippen MR) is 69.8 cm³/mol. The van der Waals surface area contributed by atoms with E-state index < -0.39 is 5.97 Å². The molecular weight excluding hydrogens is 301 g/mol. The smallest absolute Gasteiger partial charge is 0.354 e. The summed E-state index contributed by atoms with van der Waals surface area (Å²) in [5.74, 6) is -0.751. The first kappa shape index (κ1) is 12.8. The molecule has 0 aliphatic carbocycles. The van der Waals surface area contributed by atoms with E-state index in [4.69, 9.17) is 4.74 Å². The molecule has 3 nitrogen and oxygen atoms in total. The number of H-pyrrole nitrogens is 1. The van der Waals surface area contributed by atoms with E-state index in [9.17, 15) is 9.18 Å². The normalized spacial score (nSPS) is 10.4. The van der Waals surface area contributed by atoms with Gasteiger partial charge in [0, 0.05) is 5.56 Å². The number of carbonyl (C=O) groups excluding carboxylic acids is 1. The van der Waals surface area contributed by atoms with Crippen molar-refractivity contribution < 1.29 is 13.9 Å². The molecular formula is C13H11BrFNO2. The zero-order valence-electron chi connectivity index (χ0n) is 9.67. The third-order valence-electron chi connectivity index (χ3n) is 2.40. The van der Waals surface area contributed by atoms with E-state index >= 15 is 0 Å². The highest BCUT2D eigenvalue weighted by Crippen LogP contribution is 2.29. The summed E-state index contributed by atoms with van der Waals surface area (Å²) < 4.78 is 18.7. The summed E-state index contributed by atoms with van der Waals surface area (Å²) in [5, 5.41) is 0. The standard InChI is InChI=1S/C13H11BrFNO2/c1-2-18-13(17)11-7-10(12(14)16-11)8-4-3-5-9(15)6-8/h3-7,16H,2H2,1H3. The quantitative estimate of drug-likeness (QED) is 0.877. The zero-order valence-corrected chi connectivity index (χ0v) is 11.3. The number of aromatic amines is 1. The van der Waals surface area contributed by atoms with Crippen LogP contribution in [0, 0.1) is 5.82 Å². The lowest BCUT2D eigenvalue weighted by Gasteiger charge is -1.98. The van der Waals surface area contributed by atoms with Gasteiger partial charge in [-0.25, -0.2) is 9.18 Å². The van der Waals surface area contributed by atoms with Crippen molar-refractivity contribution in [1.82, 2.24) is 4.98 Å². The minimum Gasteiger partial charge on any atom is -0.461 e. The van der Waals surface area contributed by atoms with Crippen molar-refractivity contribution in [3.05, 3.63) is 46.4 Å². The number of hydrogen-bond acceptors (Lipinski definition) is 2. The molecule has 0 aliphatic heterocycles. The maximum absolute atomic E-state index is 13.2. The molecule has 0 bridgehead atoms. The minimum absolute atomic E-state index is 0.310. The summed E-state index contributed by atoms with van der Waals surface area (Å²) in [4.78, 5) is 14.4. The van der Waals surface area contributed by atoms with Crippen molar-refractivity contribution in [3.8, 4) is 11.1 Å². The second-order valence-electron chi connectivity index (χ2n) is 3.64. The van der Waals surface area contributed by atoms with Crippen LogP contribution < -0.4 is 0 Å². The molecule has 0 atom stereocenters. The van der Waals surface area contributed by atoms with Crippen LogP contribution in [0.15, 0.2) is 34.9 Å². The lowest BCUT2D eigenvalue weighted by atomic mass is 10.1. The molecule has 0 aliphatic rings. The fraction of sp³-hybridized carbons (Fsp3) is 0.154. The Bertz CT molecular complexity index is 580. The molecule has 2 aromatic rings. The Labute approximate surface area is 112 Å². The van der Waals surface area contributed by atoms with Crippen molar-refractivity contribution in [1.29, 1.82) is 0 Å². The molecule has 94 valence electrons. The molecule has 1 aromatic carbocycles. The summed E-state index contributed by atoms with van der Waals surface area (Å²) >= 11 is 3.31. The lowest BCUT2D eigenvalue weighted by molar-refractivity contribution is 0.0520. The van der Waals surface area contributed by atoms with E-state index in [1.54, 1.807) is 25.1 Å². The van der Waals surface area contributed by atoms with Crippen LogP contribution in [0.2, 0.25) is 0 Å². The molecule has 5 heteroatoms. The molecule has 0 saturated carbocycles. The van der Waals surface area contributed by atoms with E-state index in [-0.39, 0.29) is 5.82 Å². The molecule has 0 radical (unpaired) electrons. The average molecular weight is 312 g/mol. The van der Waals surface area contributed by atoms with Crippen molar-refractivity contribution in [2.75, 3.05) is 6.61 Å². The van der Waals surface area contributed by atoms with Crippen molar-refractivity contribution in [3.63, 3.8) is 0 Å². The Hall–Kier alpha value is -1.62. The topological polar surface area (TPSA) is 42.1 Å². The molecule has 18 heavy (non-hydrogen) atoms. The van der Waals surface area contributed by atoms with Crippen LogP contribution in [-0.2, 0) is 4.74 Å². The van der Waals surface area contributed by atoms with Crippen molar-refractivity contribution in [2.45, 2.75) is 6.92 Å². The molecule has 0 saturated heterocycles. The highest BCUT2D eigenvalue weighted by Gasteiger charge is 2.14. The molecule has 0 unspecified atom stereocenters. The molecule has 1 heterocycles.